The summed E-state index contributed by atoms with van der Waals surface area (Å²) in [7, 11) is 0. The Kier molecular flexibility index (Phi) is 4.68. The topological polar surface area (TPSA) is 24.5 Å². The van der Waals surface area contributed by atoms with Crippen LogP contribution in [0.4, 0.5) is 0 Å². The fourth-order valence-corrected chi connectivity index (χ4v) is 3.39. The normalized spacial score (nSPS) is 39.0. The third kappa shape index (κ3) is 3.94. The Bertz CT molecular complexity index is 255. The second-order valence-corrected chi connectivity index (χ2v) is 7.08. The molecule has 0 aliphatic carbocycles. The van der Waals surface area contributed by atoms with Crippen molar-refractivity contribution < 1.29 is 4.74 Å². The number of ether oxygens (including phenoxy) is 1. The summed E-state index contributed by atoms with van der Waals surface area (Å²) in [6.45, 7) is 14.9. The third-order valence-corrected chi connectivity index (χ3v) is 4.27. The average molecular weight is 254 g/mol. The van der Waals surface area contributed by atoms with Gasteiger partial charge in [-0.15, -0.1) is 0 Å². The predicted molar refractivity (Wildman–Crippen MR) is 75.8 cm³/mol. The minimum Gasteiger partial charge on any atom is -0.375 e. The molecule has 0 spiro atoms. The average Bonchev–Trinajstić information content (AvgIpc) is 2.24. The monoisotopic (exact) mass is 254 g/mol. The van der Waals surface area contributed by atoms with Crippen molar-refractivity contribution in [2.45, 2.75) is 52.2 Å². The van der Waals surface area contributed by atoms with Crippen LogP contribution in [0.3, 0.4) is 0 Å². The molecule has 3 atom stereocenters. The summed E-state index contributed by atoms with van der Waals surface area (Å²) in [4.78, 5) is 2.74. The zero-order valence-electron chi connectivity index (χ0n) is 12.5. The molecule has 0 radical (unpaired) electrons. The maximum atomic E-state index is 5.86. The lowest BCUT2D eigenvalue weighted by Crippen LogP contribution is -2.51. The molecular weight excluding hydrogens is 224 g/mol. The van der Waals surface area contributed by atoms with E-state index in [1.54, 1.807) is 0 Å². The van der Waals surface area contributed by atoms with E-state index in [0.29, 0.717) is 0 Å². The van der Waals surface area contributed by atoms with Crippen molar-refractivity contribution in [1.82, 2.24) is 10.2 Å². The minimum atomic E-state index is 0.0655. The summed E-state index contributed by atoms with van der Waals surface area (Å²) in [5.74, 6) is 1.51. The Morgan fingerprint density at radius 2 is 1.72 bits per heavy atom. The number of nitrogens with zero attached hydrogens (tertiary/aromatic N) is 1. The van der Waals surface area contributed by atoms with Crippen molar-refractivity contribution in [1.29, 1.82) is 0 Å². The Hall–Kier alpha value is -0.120. The van der Waals surface area contributed by atoms with Crippen LogP contribution in [0.15, 0.2) is 0 Å². The molecule has 2 fully saturated rings. The van der Waals surface area contributed by atoms with Gasteiger partial charge < -0.3 is 10.1 Å². The standard InChI is InChI=1S/C15H30N2O/c1-12-8-16-9-13(2)11-17(10-12)14-5-6-18-15(3,4)7-14/h12-14,16H,5-11H2,1-4H3. The molecule has 0 amide bonds. The van der Waals surface area contributed by atoms with Crippen LogP contribution in [0, 0.1) is 11.8 Å². The second-order valence-electron chi connectivity index (χ2n) is 7.08. The molecule has 3 unspecified atom stereocenters. The fourth-order valence-electron chi connectivity index (χ4n) is 3.39. The van der Waals surface area contributed by atoms with Crippen molar-refractivity contribution in [3.63, 3.8) is 0 Å². The SMILES string of the molecule is CC1CNCC(C)CN(C2CCOC(C)(C)C2)C1. The summed E-state index contributed by atoms with van der Waals surface area (Å²) in [6.07, 6.45) is 2.39. The van der Waals surface area contributed by atoms with Gasteiger partial charge in [0.1, 0.15) is 0 Å². The molecule has 1 N–H and O–H groups in total. The quantitative estimate of drug-likeness (QED) is 0.776. The summed E-state index contributed by atoms with van der Waals surface area (Å²) < 4.78 is 5.86. The summed E-state index contributed by atoms with van der Waals surface area (Å²) in [5.41, 5.74) is 0.0655. The molecule has 2 saturated heterocycles. The van der Waals surface area contributed by atoms with Gasteiger partial charge in [0.2, 0.25) is 0 Å². The molecule has 2 heterocycles. The maximum absolute atomic E-state index is 5.86. The van der Waals surface area contributed by atoms with Gasteiger partial charge in [0.15, 0.2) is 0 Å². The lowest BCUT2D eigenvalue weighted by Gasteiger charge is -2.43. The van der Waals surface area contributed by atoms with E-state index in [1.807, 2.05) is 0 Å². The van der Waals surface area contributed by atoms with E-state index in [1.165, 1.54) is 25.9 Å². The highest BCUT2D eigenvalue weighted by atomic mass is 16.5. The second kappa shape index (κ2) is 5.89. The van der Waals surface area contributed by atoms with Gasteiger partial charge in [0.05, 0.1) is 5.60 Å². The smallest absolute Gasteiger partial charge is 0.0641 e. The van der Waals surface area contributed by atoms with Crippen LogP contribution in [0.25, 0.3) is 0 Å². The summed E-state index contributed by atoms with van der Waals surface area (Å²) in [5, 5.41) is 3.58. The van der Waals surface area contributed by atoms with Gasteiger partial charge in [-0.1, -0.05) is 13.8 Å². The number of hydrogen-bond acceptors (Lipinski definition) is 3. The molecule has 3 nitrogen and oxygen atoms in total. The highest BCUT2D eigenvalue weighted by molar-refractivity contribution is 4.87. The summed E-state index contributed by atoms with van der Waals surface area (Å²) >= 11 is 0. The lowest BCUT2D eigenvalue weighted by molar-refractivity contribution is -0.0868. The first-order valence-electron chi connectivity index (χ1n) is 7.55. The Labute approximate surface area is 112 Å². The number of hydrogen-bond donors (Lipinski definition) is 1. The first-order valence-corrected chi connectivity index (χ1v) is 7.55. The molecule has 2 rings (SSSR count). The van der Waals surface area contributed by atoms with E-state index in [0.717, 1.165) is 37.6 Å². The number of rotatable bonds is 1. The van der Waals surface area contributed by atoms with Gasteiger partial charge in [-0.25, -0.2) is 0 Å². The summed E-state index contributed by atoms with van der Waals surface area (Å²) in [6, 6.07) is 0.719. The molecule has 0 saturated carbocycles. The molecule has 2 aliphatic heterocycles. The van der Waals surface area contributed by atoms with Gasteiger partial charge in [-0.05, 0) is 51.6 Å². The van der Waals surface area contributed by atoms with Crippen molar-refractivity contribution in [3.8, 4) is 0 Å². The van der Waals surface area contributed by atoms with Crippen molar-refractivity contribution in [2.75, 3.05) is 32.8 Å². The highest BCUT2D eigenvalue weighted by Gasteiger charge is 2.33. The van der Waals surface area contributed by atoms with E-state index < -0.39 is 0 Å². The van der Waals surface area contributed by atoms with E-state index >= 15 is 0 Å². The third-order valence-electron chi connectivity index (χ3n) is 4.27. The molecule has 18 heavy (non-hydrogen) atoms. The molecule has 106 valence electrons. The largest absolute Gasteiger partial charge is 0.375 e. The van der Waals surface area contributed by atoms with Crippen LogP contribution in [-0.4, -0.2) is 49.3 Å². The van der Waals surface area contributed by atoms with Gasteiger partial charge in [-0.2, -0.15) is 0 Å². The van der Waals surface area contributed by atoms with Crippen LogP contribution in [0.2, 0.25) is 0 Å². The van der Waals surface area contributed by atoms with Gasteiger partial charge >= 0.3 is 0 Å². The fraction of sp³-hybridized carbons (Fsp3) is 1.00. The van der Waals surface area contributed by atoms with Gasteiger partial charge in [0.25, 0.3) is 0 Å². The zero-order chi connectivity index (χ0) is 13.2. The molecule has 0 aromatic rings. The first kappa shape index (κ1) is 14.3. The van der Waals surface area contributed by atoms with Crippen LogP contribution in [-0.2, 0) is 4.74 Å². The molecule has 3 heteroatoms. The van der Waals surface area contributed by atoms with Crippen LogP contribution >= 0.6 is 0 Å². The van der Waals surface area contributed by atoms with Gasteiger partial charge in [-0.3, -0.25) is 4.90 Å². The Morgan fingerprint density at radius 3 is 2.28 bits per heavy atom. The predicted octanol–water partition coefficient (Wildman–Crippen LogP) is 2.12. The Balaban J connectivity index is 1.99. The van der Waals surface area contributed by atoms with Crippen LogP contribution < -0.4 is 5.32 Å². The van der Waals surface area contributed by atoms with Crippen LogP contribution in [0.1, 0.15) is 40.5 Å². The molecule has 0 bridgehead atoms. The van der Waals surface area contributed by atoms with E-state index in [2.05, 4.69) is 37.9 Å². The van der Waals surface area contributed by atoms with Gasteiger partial charge in [0, 0.05) is 25.7 Å². The molecule has 2 aliphatic rings. The van der Waals surface area contributed by atoms with E-state index in [4.69, 9.17) is 4.74 Å². The van der Waals surface area contributed by atoms with Crippen LogP contribution in [0.5, 0.6) is 0 Å². The lowest BCUT2D eigenvalue weighted by atomic mass is 9.91. The van der Waals surface area contributed by atoms with E-state index in [-0.39, 0.29) is 5.60 Å². The number of nitrogens with one attached hydrogen (secondary N) is 1. The van der Waals surface area contributed by atoms with Crippen molar-refractivity contribution in [2.24, 2.45) is 11.8 Å². The minimum absolute atomic E-state index is 0.0655. The molecular formula is C15H30N2O. The Morgan fingerprint density at radius 1 is 1.11 bits per heavy atom. The highest BCUT2D eigenvalue weighted by Crippen LogP contribution is 2.28. The zero-order valence-corrected chi connectivity index (χ0v) is 12.5. The van der Waals surface area contributed by atoms with E-state index in [9.17, 15) is 0 Å². The first-order chi connectivity index (χ1) is 8.46. The van der Waals surface area contributed by atoms with Crippen molar-refractivity contribution in [3.05, 3.63) is 0 Å². The molecule has 0 aromatic carbocycles. The van der Waals surface area contributed by atoms with Crippen molar-refractivity contribution >= 4 is 0 Å². The molecule has 0 aromatic heterocycles. The maximum Gasteiger partial charge on any atom is 0.0641 e.